The van der Waals surface area contributed by atoms with E-state index in [4.69, 9.17) is 5.73 Å². The number of anilines is 1. The van der Waals surface area contributed by atoms with Crippen molar-refractivity contribution in [2.45, 2.75) is 18.9 Å². The van der Waals surface area contributed by atoms with Crippen LogP contribution in [0, 0.1) is 0 Å². The number of nitrogens with zero attached hydrogens (tertiary/aromatic N) is 4. The van der Waals surface area contributed by atoms with E-state index >= 15 is 0 Å². The average Bonchev–Trinajstić information content (AvgIpc) is 2.93. The average molecular weight is 351 g/mol. The van der Waals surface area contributed by atoms with Gasteiger partial charge in [-0.1, -0.05) is 6.07 Å². The number of primary amides is 1. The summed E-state index contributed by atoms with van der Waals surface area (Å²) in [6.07, 6.45) is 5.30. The number of pyridine rings is 1. The van der Waals surface area contributed by atoms with Crippen molar-refractivity contribution in [3.05, 3.63) is 58.6 Å². The molecule has 0 spiro atoms. The molecule has 0 saturated carbocycles. The number of benzene rings is 1. The van der Waals surface area contributed by atoms with Crippen molar-refractivity contribution < 1.29 is 4.79 Å². The molecule has 0 bridgehead atoms. The minimum absolute atomic E-state index is 0.0960. The van der Waals surface area contributed by atoms with E-state index in [2.05, 4.69) is 9.88 Å². The number of carbonyl (C=O) groups excluding carboxylic acids is 1. The molecular weight excluding hydrogens is 330 g/mol. The fraction of sp³-hybridized carbons (Fsp3) is 0.316. The molecule has 4 rings (SSSR count). The third-order valence-corrected chi connectivity index (χ3v) is 5.24. The molecule has 7 heteroatoms. The van der Waals surface area contributed by atoms with Gasteiger partial charge in [-0.3, -0.25) is 19.3 Å². The van der Waals surface area contributed by atoms with Gasteiger partial charge in [-0.05, 0) is 37.1 Å². The topological polar surface area (TPSA) is 86.2 Å². The Balaban J connectivity index is 1.67. The molecule has 1 saturated heterocycles. The zero-order valence-electron chi connectivity index (χ0n) is 14.6. The Morgan fingerprint density at radius 2 is 1.85 bits per heavy atom. The van der Waals surface area contributed by atoms with Gasteiger partial charge >= 0.3 is 0 Å². The highest BCUT2D eigenvalue weighted by atomic mass is 16.1. The van der Waals surface area contributed by atoms with Crippen LogP contribution in [0.1, 0.15) is 29.2 Å². The van der Waals surface area contributed by atoms with Gasteiger partial charge in [0.2, 0.25) is 5.91 Å². The smallest absolute Gasteiger partial charge is 0.275 e. The summed E-state index contributed by atoms with van der Waals surface area (Å²) in [4.78, 5) is 31.1. The van der Waals surface area contributed by atoms with Gasteiger partial charge in [0, 0.05) is 38.2 Å². The Morgan fingerprint density at radius 3 is 2.50 bits per heavy atom. The number of rotatable bonds is 3. The van der Waals surface area contributed by atoms with Gasteiger partial charge in [0.05, 0.1) is 22.5 Å². The second kappa shape index (κ2) is 6.33. The van der Waals surface area contributed by atoms with E-state index in [1.54, 1.807) is 29.2 Å². The van der Waals surface area contributed by atoms with Gasteiger partial charge < -0.3 is 10.6 Å². The van der Waals surface area contributed by atoms with Crippen LogP contribution in [0.15, 0.2) is 47.5 Å². The number of nitrogens with two attached hydrogens (primary N) is 1. The molecule has 134 valence electrons. The van der Waals surface area contributed by atoms with Gasteiger partial charge in [0.25, 0.3) is 5.56 Å². The first-order valence-electron chi connectivity index (χ1n) is 8.73. The summed E-state index contributed by atoms with van der Waals surface area (Å²) >= 11 is 0. The number of piperidine rings is 1. The highest BCUT2D eigenvalue weighted by Crippen LogP contribution is 2.27. The van der Waals surface area contributed by atoms with Crippen LogP contribution in [0.5, 0.6) is 0 Å². The van der Waals surface area contributed by atoms with E-state index in [1.807, 2.05) is 29.9 Å². The van der Waals surface area contributed by atoms with E-state index in [0.29, 0.717) is 5.39 Å². The molecule has 2 N–H and O–H groups in total. The number of fused-ring (bicyclic) bond motifs is 1. The van der Waals surface area contributed by atoms with E-state index < -0.39 is 5.91 Å². The SMILES string of the molecule is Cn1c2cccc(C(N)=O)c2c(=O)n1C1CCN(c2ccncc2)CC1. The van der Waals surface area contributed by atoms with Gasteiger partial charge in [-0.25, -0.2) is 4.68 Å². The van der Waals surface area contributed by atoms with Crippen molar-refractivity contribution in [1.29, 1.82) is 0 Å². The molecule has 2 aromatic heterocycles. The number of carbonyl (C=O) groups is 1. The lowest BCUT2D eigenvalue weighted by Crippen LogP contribution is -2.38. The lowest BCUT2D eigenvalue weighted by Gasteiger charge is -2.34. The largest absolute Gasteiger partial charge is 0.371 e. The molecule has 1 aliphatic rings. The molecule has 3 heterocycles. The van der Waals surface area contributed by atoms with Crippen molar-refractivity contribution in [3.63, 3.8) is 0 Å². The van der Waals surface area contributed by atoms with Crippen molar-refractivity contribution in [2.75, 3.05) is 18.0 Å². The fourth-order valence-electron chi connectivity index (χ4n) is 3.94. The van der Waals surface area contributed by atoms with Gasteiger partial charge in [0.15, 0.2) is 0 Å². The van der Waals surface area contributed by atoms with E-state index in [-0.39, 0.29) is 17.2 Å². The van der Waals surface area contributed by atoms with Crippen molar-refractivity contribution >= 4 is 22.5 Å². The molecule has 0 atom stereocenters. The molecule has 26 heavy (non-hydrogen) atoms. The summed E-state index contributed by atoms with van der Waals surface area (Å²) in [6.45, 7) is 1.73. The van der Waals surface area contributed by atoms with Crippen molar-refractivity contribution in [3.8, 4) is 0 Å². The monoisotopic (exact) mass is 351 g/mol. The Hall–Kier alpha value is -3.09. The first-order valence-corrected chi connectivity index (χ1v) is 8.73. The maximum absolute atomic E-state index is 13.0. The summed E-state index contributed by atoms with van der Waals surface area (Å²) < 4.78 is 3.64. The van der Waals surface area contributed by atoms with Gasteiger partial charge in [-0.15, -0.1) is 0 Å². The predicted octanol–water partition coefficient (Wildman–Crippen LogP) is 1.68. The molecular formula is C19H21N5O2. The first kappa shape index (κ1) is 16.4. The maximum atomic E-state index is 13.0. The van der Waals surface area contributed by atoms with Crippen LogP contribution in [0.25, 0.3) is 10.9 Å². The van der Waals surface area contributed by atoms with Gasteiger partial charge in [-0.2, -0.15) is 0 Å². The summed E-state index contributed by atoms with van der Waals surface area (Å²) in [5, 5.41) is 0.416. The minimum atomic E-state index is -0.571. The van der Waals surface area contributed by atoms with Crippen LogP contribution in [-0.2, 0) is 7.05 Å². The quantitative estimate of drug-likeness (QED) is 0.778. The Morgan fingerprint density at radius 1 is 1.15 bits per heavy atom. The summed E-state index contributed by atoms with van der Waals surface area (Å²) in [7, 11) is 1.86. The van der Waals surface area contributed by atoms with Crippen molar-refractivity contribution in [1.82, 2.24) is 14.3 Å². The third kappa shape index (κ3) is 2.56. The second-order valence-corrected chi connectivity index (χ2v) is 6.66. The van der Waals surface area contributed by atoms with Gasteiger partial charge in [0.1, 0.15) is 0 Å². The Labute approximate surface area is 150 Å². The van der Waals surface area contributed by atoms with Crippen LogP contribution in [0.4, 0.5) is 5.69 Å². The zero-order chi connectivity index (χ0) is 18.3. The molecule has 0 unspecified atom stereocenters. The molecule has 7 nitrogen and oxygen atoms in total. The second-order valence-electron chi connectivity index (χ2n) is 6.66. The van der Waals surface area contributed by atoms with Crippen LogP contribution < -0.4 is 16.2 Å². The molecule has 3 aromatic rings. The fourth-order valence-corrected chi connectivity index (χ4v) is 3.94. The first-order chi connectivity index (χ1) is 12.6. The molecule has 0 radical (unpaired) electrons. The normalized spacial score (nSPS) is 15.5. The summed E-state index contributed by atoms with van der Waals surface area (Å²) in [5.41, 5.74) is 7.50. The minimum Gasteiger partial charge on any atom is -0.371 e. The predicted molar refractivity (Wildman–Crippen MR) is 100 cm³/mol. The van der Waals surface area contributed by atoms with E-state index in [0.717, 1.165) is 37.1 Å². The number of aromatic nitrogens is 3. The van der Waals surface area contributed by atoms with Crippen LogP contribution in [-0.4, -0.2) is 33.3 Å². The van der Waals surface area contributed by atoms with Crippen LogP contribution in [0.3, 0.4) is 0 Å². The lowest BCUT2D eigenvalue weighted by atomic mass is 10.0. The van der Waals surface area contributed by atoms with E-state index in [1.165, 1.54) is 0 Å². The lowest BCUT2D eigenvalue weighted by molar-refractivity contribution is 0.100. The zero-order valence-corrected chi connectivity index (χ0v) is 14.6. The van der Waals surface area contributed by atoms with E-state index in [9.17, 15) is 9.59 Å². The number of aryl methyl sites for hydroxylation is 1. The highest BCUT2D eigenvalue weighted by molar-refractivity contribution is 6.05. The maximum Gasteiger partial charge on any atom is 0.275 e. The van der Waals surface area contributed by atoms with Crippen molar-refractivity contribution in [2.24, 2.45) is 12.8 Å². The third-order valence-electron chi connectivity index (χ3n) is 5.24. The Bertz CT molecular complexity index is 1010. The number of hydrogen-bond donors (Lipinski definition) is 1. The molecule has 1 aliphatic heterocycles. The molecule has 1 fully saturated rings. The number of amides is 1. The molecule has 1 aromatic carbocycles. The van der Waals surface area contributed by atoms with Crippen LogP contribution in [0.2, 0.25) is 0 Å². The Kier molecular flexibility index (Phi) is 3.99. The summed E-state index contributed by atoms with van der Waals surface area (Å²) in [6, 6.07) is 9.33. The number of hydrogen-bond acceptors (Lipinski definition) is 4. The van der Waals surface area contributed by atoms with Crippen LogP contribution >= 0.6 is 0 Å². The highest BCUT2D eigenvalue weighted by Gasteiger charge is 2.26. The molecule has 1 amide bonds. The standard InChI is InChI=1S/C19H21N5O2/c1-22-16-4-2-3-15(18(20)25)17(16)19(26)24(22)14-7-11-23(12-8-14)13-5-9-21-10-6-13/h2-6,9-10,14H,7-8,11-12H2,1H3,(H2,20,25). The summed E-state index contributed by atoms with van der Waals surface area (Å²) in [5.74, 6) is -0.571. The molecule has 0 aliphatic carbocycles.